The number of benzene rings is 1. The molecule has 0 bridgehead atoms. The van der Waals surface area contributed by atoms with E-state index in [1.165, 1.54) is 18.4 Å². The van der Waals surface area contributed by atoms with Crippen molar-refractivity contribution in [3.63, 3.8) is 0 Å². The minimum atomic E-state index is -0.711. The van der Waals surface area contributed by atoms with Crippen LogP contribution in [0, 0.1) is 11.8 Å². The van der Waals surface area contributed by atoms with Gasteiger partial charge in [0.25, 0.3) is 5.91 Å². The molecule has 9 nitrogen and oxygen atoms in total. The summed E-state index contributed by atoms with van der Waals surface area (Å²) in [4.78, 5) is 34.7. The molecular weight excluding hydrogens is 434 g/mol. The number of aliphatic carboxylic acids is 1. The molecule has 1 amide bonds. The van der Waals surface area contributed by atoms with Crippen LogP contribution in [0.4, 0.5) is 17.5 Å². The Morgan fingerprint density at radius 3 is 2.47 bits per heavy atom. The number of nitrogens with zero attached hydrogens (tertiary/aromatic N) is 3. The summed E-state index contributed by atoms with van der Waals surface area (Å²) >= 11 is 0. The lowest BCUT2D eigenvalue weighted by Gasteiger charge is -2.28. The molecule has 1 aromatic carbocycles. The van der Waals surface area contributed by atoms with Crippen LogP contribution in [0.25, 0.3) is 0 Å². The SMILES string of the molecule is Nc1nc(NCC2CC2)nc2c1C(=O)N(c1ccc([C@H]3CC[C@H](CC(=O)O)CC3)cc1)CCO2. The van der Waals surface area contributed by atoms with Crippen LogP contribution in [0.1, 0.15) is 66.8 Å². The first-order chi connectivity index (χ1) is 16.5. The lowest BCUT2D eigenvalue weighted by molar-refractivity contribution is -0.138. The number of rotatable bonds is 7. The van der Waals surface area contributed by atoms with Gasteiger partial charge in [0.1, 0.15) is 18.0 Å². The van der Waals surface area contributed by atoms with E-state index >= 15 is 0 Å². The van der Waals surface area contributed by atoms with Gasteiger partial charge in [0, 0.05) is 18.7 Å². The van der Waals surface area contributed by atoms with Gasteiger partial charge in [-0.3, -0.25) is 9.59 Å². The molecule has 0 spiro atoms. The molecule has 4 N–H and O–H groups in total. The summed E-state index contributed by atoms with van der Waals surface area (Å²) in [5.74, 6) is 1.13. The smallest absolute Gasteiger partial charge is 0.303 e. The van der Waals surface area contributed by atoms with Crippen LogP contribution in [0.3, 0.4) is 0 Å². The maximum atomic E-state index is 13.4. The molecule has 2 aromatic rings. The Balaban J connectivity index is 1.28. The van der Waals surface area contributed by atoms with E-state index in [1.807, 2.05) is 12.1 Å². The van der Waals surface area contributed by atoms with Crippen molar-refractivity contribution in [1.82, 2.24) is 9.97 Å². The molecule has 2 aliphatic carbocycles. The number of nitrogens with two attached hydrogens (primary N) is 1. The molecule has 2 fully saturated rings. The van der Waals surface area contributed by atoms with Crippen molar-refractivity contribution in [2.45, 2.75) is 50.9 Å². The second-order valence-corrected chi connectivity index (χ2v) is 9.65. The third-order valence-electron chi connectivity index (χ3n) is 7.15. The number of carboxylic acids is 1. The van der Waals surface area contributed by atoms with Crippen molar-refractivity contribution >= 4 is 29.3 Å². The van der Waals surface area contributed by atoms with Gasteiger partial charge in [-0.1, -0.05) is 12.1 Å². The van der Waals surface area contributed by atoms with Crippen LogP contribution in [0.5, 0.6) is 5.88 Å². The third-order valence-corrected chi connectivity index (χ3v) is 7.15. The largest absolute Gasteiger partial charge is 0.481 e. The molecule has 0 saturated heterocycles. The third kappa shape index (κ3) is 4.93. The number of nitrogen functional groups attached to an aromatic ring is 1. The fraction of sp³-hybridized carbons (Fsp3) is 0.520. The number of hydrogen-bond donors (Lipinski definition) is 3. The molecule has 1 aromatic heterocycles. The molecule has 1 aliphatic heterocycles. The van der Waals surface area contributed by atoms with Crippen molar-refractivity contribution in [2.75, 3.05) is 35.6 Å². The molecule has 0 radical (unpaired) electrons. The van der Waals surface area contributed by atoms with Gasteiger partial charge in [0.2, 0.25) is 11.8 Å². The summed E-state index contributed by atoms with van der Waals surface area (Å²) in [5.41, 5.74) is 8.38. The Labute approximate surface area is 198 Å². The number of fused-ring (bicyclic) bond motifs is 1. The van der Waals surface area contributed by atoms with Crippen LogP contribution in [-0.2, 0) is 4.79 Å². The summed E-state index contributed by atoms with van der Waals surface area (Å²) in [6.07, 6.45) is 6.54. The number of hydrogen-bond acceptors (Lipinski definition) is 7. The van der Waals surface area contributed by atoms with Crippen molar-refractivity contribution in [3.05, 3.63) is 35.4 Å². The molecule has 5 rings (SSSR count). The molecule has 180 valence electrons. The molecule has 2 heterocycles. The van der Waals surface area contributed by atoms with E-state index in [-0.39, 0.29) is 35.5 Å². The van der Waals surface area contributed by atoms with Crippen molar-refractivity contribution in [3.8, 4) is 5.88 Å². The highest BCUT2D eigenvalue weighted by atomic mass is 16.5. The first kappa shape index (κ1) is 22.4. The summed E-state index contributed by atoms with van der Waals surface area (Å²) < 4.78 is 5.80. The van der Waals surface area contributed by atoms with E-state index in [1.54, 1.807) is 4.90 Å². The van der Waals surface area contributed by atoms with Crippen molar-refractivity contribution in [2.24, 2.45) is 11.8 Å². The second kappa shape index (κ2) is 9.48. The van der Waals surface area contributed by atoms with Gasteiger partial charge in [0.05, 0.1) is 6.54 Å². The van der Waals surface area contributed by atoms with Gasteiger partial charge in [-0.05, 0) is 74.0 Å². The molecule has 0 atom stereocenters. The molecule has 9 heteroatoms. The number of aromatic nitrogens is 2. The maximum absolute atomic E-state index is 13.4. The number of ether oxygens (including phenoxy) is 1. The van der Waals surface area contributed by atoms with E-state index < -0.39 is 5.97 Å². The normalized spacial score (nSPS) is 22.5. The minimum Gasteiger partial charge on any atom is -0.481 e. The van der Waals surface area contributed by atoms with E-state index in [4.69, 9.17) is 15.6 Å². The Hall–Kier alpha value is -3.36. The van der Waals surface area contributed by atoms with E-state index in [2.05, 4.69) is 27.4 Å². The Morgan fingerprint density at radius 2 is 1.79 bits per heavy atom. The monoisotopic (exact) mass is 465 g/mol. The van der Waals surface area contributed by atoms with Gasteiger partial charge >= 0.3 is 5.97 Å². The molecule has 2 saturated carbocycles. The first-order valence-electron chi connectivity index (χ1n) is 12.2. The summed E-state index contributed by atoms with van der Waals surface area (Å²) in [6.45, 7) is 1.50. The van der Waals surface area contributed by atoms with Gasteiger partial charge < -0.3 is 25.8 Å². The van der Waals surface area contributed by atoms with Gasteiger partial charge in [-0.2, -0.15) is 9.97 Å². The highest BCUT2D eigenvalue weighted by molar-refractivity contribution is 6.10. The van der Waals surface area contributed by atoms with Crippen LogP contribution < -0.4 is 20.7 Å². The quantitative estimate of drug-likeness (QED) is 0.565. The average Bonchev–Trinajstić information content (AvgIpc) is 3.66. The van der Waals surface area contributed by atoms with Crippen LogP contribution >= 0.6 is 0 Å². The van der Waals surface area contributed by atoms with Crippen LogP contribution in [-0.4, -0.2) is 46.6 Å². The highest BCUT2D eigenvalue weighted by Gasteiger charge is 2.31. The number of anilines is 3. The fourth-order valence-electron chi connectivity index (χ4n) is 4.99. The van der Waals surface area contributed by atoms with Gasteiger partial charge in [0.15, 0.2) is 0 Å². The van der Waals surface area contributed by atoms with E-state index in [0.29, 0.717) is 30.9 Å². The van der Waals surface area contributed by atoms with E-state index in [9.17, 15) is 9.59 Å². The Bertz CT molecular complexity index is 1060. The Morgan fingerprint density at radius 1 is 1.09 bits per heavy atom. The summed E-state index contributed by atoms with van der Waals surface area (Å²) in [7, 11) is 0. The molecular formula is C25H31N5O4. The Kier molecular flexibility index (Phi) is 6.26. The number of carbonyl (C=O) groups excluding carboxylic acids is 1. The first-order valence-corrected chi connectivity index (χ1v) is 12.2. The standard InChI is InChI=1S/C25H31N5O4/c26-22-21-23(29-25(28-22)27-14-16-1-2-16)34-12-11-30(24(21)33)19-9-7-18(8-10-19)17-5-3-15(4-6-17)13-20(31)32/h7-10,15-17H,1-6,11-14H2,(H,31,32)(H3,26,27,28,29)/t15-,17-. The van der Waals surface area contributed by atoms with Crippen molar-refractivity contribution in [1.29, 1.82) is 0 Å². The number of nitrogens with one attached hydrogen (secondary N) is 1. The second-order valence-electron chi connectivity index (χ2n) is 9.65. The van der Waals surface area contributed by atoms with Crippen LogP contribution in [0.15, 0.2) is 24.3 Å². The topological polar surface area (TPSA) is 131 Å². The zero-order valence-corrected chi connectivity index (χ0v) is 19.2. The number of amides is 1. The van der Waals surface area contributed by atoms with Crippen molar-refractivity contribution < 1.29 is 19.4 Å². The fourth-order valence-corrected chi connectivity index (χ4v) is 4.99. The highest BCUT2D eigenvalue weighted by Crippen LogP contribution is 2.38. The van der Waals surface area contributed by atoms with Gasteiger partial charge in [-0.15, -0.1) is 0 Å². The zero-order valence-electron chi connectivity index (χ0n) is 19.2. The summed E-state index contributed by atoms with van der Waals surface area (Å²) in [6, 6.07) is 8.07. The average molecular weight is 466 g/mol. The van der Waals surface area contributed by atoms with E-state index in [0.717, 1.165) is 37.9 Å². The van der Waals surface area contributed by atoms with Crippen LogP contribution in [0.2, 0.25) is 0 Å². The maximum Gasteiger partial charge on any atom is 0.303 e. The molecule has 0 unspecified atom stereocenters. The summed E-state index contributed by atoms with van der Waals surface area (Å²) in [5, 5.41) is 12.2. The van der Waals surface area contributed by atoms with Gasteiger partial charge in [-0.25, -0.2) is 0 Å². The predicted octanol–water partition coefficient (Wildman–Crippen LogP) is 3.67. The molecule has 3 aliphatic rings. The zero-order chi connectivity index (χ0) is 23.7. The predicted molar refractivity (Wildman–Crippen MR) is 128 cm³/mol. The lowest BCUT2D eigenvalue weighted by atomic mass is 9.77. The number of carbonyl (C=O) groups is 2. The minimum absolute atomic E-state index is 0.120. The molecule has 34 heavy (non-hydrogen) atoms. The number of carboxylic acid groups (broad SMARTS) is 1. The lowest BCUT2D eigenvalue weighted by Crippen LogP contribution is -2.32.